The Hall–Kier alpha value is -3.14. The predicted octanol–water partition coefficient (Wildman–Crippen LogP) is 9.69. The highest BCUT2D eigenvalue weighted by molar-refractivity contribution is 5.39. The molecular formula is C35H48O4. The van der Waals surface area contributed by atoms with Crippen LogP contribution in [-0.2, 0) is 13.2 Å². The molecule has 0 amide bonds. The lowest BCUT2D eigenvalue weighted by Gasteiger charge is -2.14. The summed E-state index contributed by atoms with van der Waals surface area (Å²) in [5.74, 6) is 3.43. The van der Waals surface area contributed by atoms with Crippen LogP contribution >= 0.6 is 0 Å². The first kappa shape index (κ1) is 30.4. The number of aryl methyl sites for hydroxylation is 3. The van der Waals surface area contributed by atoms with Crippen molar-refractivity contribution in [2.45, 2.75) is 99.2 Å². The van der Waals surface area contributed by atoms with Gasteiger partial charge in [0.25, 0.3) is 0 Å². The summed E-state index contributed by atoms with van der Waals surface area (Å²) in [7, 11) is 0. The molecule has 0 atom stereocenters. The summed E-state index contributed by atoms with van der Waals surface area (Å²) in [5, 5.41) is 0. The van der Waals surface area contributed by atoms with E-state index in [1.165, 1.54) is 49.7 Å². The van der Waals surface area contributed by atoms with Crippen molar-refractivity contribution < 1.29 is 18.9 Å². The van der Waals surface area contributed by atoms with Crippen LogP contribution in [0.5, 0.6) is 23.0 Å². The van der Waals surface area contributed by atoms with Crippen molar-refractivity contribution in [3.8, 4) is 23.0 Å². The quantitative estimate of drug-likeness (QED) is 0.153. The zero-order valence-electron chi connectivity index (χ0n) is 24.8. The molecule has 0 N–H and O–H groups in total. The van der Waals surface area contributed by atoms with E-state index in [-0.39, 0.29) is 0 Å². The molecule has 3 aromatic carbocycles. The maximum atomic E-state index is 6.19. The summed E-state index contributed by atoms with van der Waals surface area (Å²) in [6.07, 6.45) is 9.61. The summed E-state index contributed by atoms with van der Waals surface area (Å²) in [6, 6.07) is 18.7. The van der Waals surface area contributed by atoms with Crippen molar-refractivity contribution in [2.24, 2.45) is 0 Å². The second-order valence-corrected chi connectivity index (χ2v) is 10.7. The van der Waals surface area contributed by atoms with Gasteiger partial charge in [-0.1, -0.05) is 64.5 Å². The zero-order valence-corrected chi connectivity index (χ0v) is 24.8. The van der Waals surface area contributed by atoms with E-state index in [0.29, 0.717) is 13.2 Å². The largest absolute Gasteiger partial charge is 0.494 e. The first-order valence-electron chi connectivity index (χ1n) is 14.8. The van der Waals surface area contributed by atoms with Crippen molar-refractivity contribution in [2.75, 3.05) is 13.2 Å². The molecule has 0 bridgehead atoms. The van der Waals surface area contributed by atoms with Crippen molar-refractivity contribution in [1.29, 1.82) is 0 Å². The number of benzene rings is 3. The third kappa shape index (κ3) is 11.6. The Bertz CT molecular complexity index is 1050. The van der Waals surface area contributed by atoms with E-state index in [2.05, 4.69) is 71.0 Å². The highest BCUT2D eigenvalue weighted by Crippen LogP contribution is 2.26. The van der Waals surface area contributed by atoms with Crippen LogP contribution in [0.1, 0.15) is 93.0 Å². The molecule has 0 heterocycles. The van der Waals surface area contributed by atoms with Gasteiger partial charge in [-0.05, 0) is 97.8 Å². The number of hydrogen-bond donors (Lipinski definition) is 0. The lowest BCUT2D eigenvalue weighted by atomic mass is 10.1. The van der Waals surface area contributed by atoms with Gasteiger partial charge in [-0.15, -0.1) is 0 Å². The zero-order chi connectivity index (χ0) is 27.9. The van der Waals surface area contributed by atoms with Gasteiger partial charge in [0.15, 0.2) is 0 Å². The van der Waals surface area contributed by atoms with Gasteiger partial charge in [0.05, 0.1) is 13.2 Å². The van der Waals surface area contributed by atoms with Crippen LogP contribution in [0.25, 0.3) is 0 Å². The second-order valence-electron chi connectivity index (χ2n) is 10.7. The first-order chi connectivity index (χ1) is 18.9. The lowest BCUT2D eigenvalue weighted by molar-refractivity contribution is 0.285. The first-order valence-corrected chi connectivity index (χ1v) is 14.8. The molecule has 0 spiro atoms. The monoisotopic (exact) mass is 532 g/mol. The van der Waals surface area contributed by atoms with Gasteiger partial charge in [0.1, 0.15) is 36.2 Å². The molecule has 3 aromatic rings. The SMILES string of the molecule is CCCCCCOc1cc(C)cc(COc2cc(C)cc(OCc3cc(C)cc(OCCCCCC)c3)c2)c1. The fourth-order valence-corrected chi connectivity index (χ4v) is 4.63. The topological polar surface area (TPSA) is 36.9 Å². The van der Waals surface area contributed by atoms with E-state index in [1.54, 1.807) is 0 Å². The minimum atomic E-state index is 0.480. The van der Waals surface area contributed by atoms with Crippen LogP contribution in [0, 0.1) is 20.8 Å². The summed E-state index contributed by atoms with van der Waals surface area (Å²) >= 11 is 0. The molecule has 0 aliphatic carbocycles. The van der Waals surface area contributed by atoms with Gasteiger partial charge < -0.3 is 18.9 Å². The minimum Gasteiger partial charge on any atom is -0.494 e. The van der Waals surface area contributed by atoms with Gasteiger partial charge in [-0.2, -0.15) is 0 Å². The van der Waals surface area contributed by atoms with Gasteiger partial charge in [-0.25, -0.2) is 0 Å². The van der Waals surface area contributed by atoms with Crippen molar-refractivity contribution >= 4 is 0 Å². The predicted molar refractivity (Wildman–Crippen MR) is 161 cm³/mol. The Kier molecular flexibility index (Phi) is 13.1. The summed E-state index contributed by atoms with van der Waals surface area (Å²) in [4.78, 5) is 0. The standard InChI is InChI=1S/C35H48O4/c1-6-8-10-12-14-36-32-18-27(3)16-30(22-32)25-38-34-20-29(5)21-35(24-34)39-26-31-17-28(4)19-33(23-31)37-15-13-11-9-7-2/h16-24H,6-15,25-26H2,1-5H3. The molecule has 4 heteroatoms. The van der Waals surface area contributed by atoms with Crippen molar-refractivity contribution in [1.82, 2.24) is 0 Å². The van der Waals surface area contributed by atoms with Crippen LogP contribution in [-0.4, -0.2) is 13.2 Å². The van der Waals surface area contributed by atoms with E-state index in [4.69, 9.17) is 18.9 Å². The van der Waals surface area contributed by atoms with E-state index in [1.807, 2.05) is 18.2 Å². The second kappa shape index (κ2) is 16.7. The molecule has 212 valence electrons. The Morgan fingerprint density at radius 3 is 1.21 bits per heavy atom. The smallest absolute Gasteiger partial charge is 0.123 e. The van der Waals surface area contributed by atoms with Crippen molar-refractivity contribution in [3.05, 3.63) is 82.4 Å². The molecule has 0 aliphatic rings. The molecular weight excluding hydrogens is 484 g/mol. The van der Waals surface area contributed by atoms with E-state index >= 15 is 0 Å². The molecule has 0 unspecified atom stereocenters. The maximum Gasteiger partial charge on any atom is 0.123 e. The van der Waals surface area contributed by atoms with Gasteiger partial charge in [-0.3, -0.25) is 0 Å². The summed E-state index contributed by atoms with van der Waals surface area (Å²) in [5.41, 5.74) is 5.66. The third-order valence-corrected chi connectivity index (χ3v) is 6.59. The molecule has 0 saturated heterocycles. The van der Waals surface area contributed by atoms with Gasteiger partial charge in [0, 0.05) is 6.07 Å². The van der Waals surface area contributed by atoms with Crippen LogP contribution in [0.15, 0.2) is 54.6 Å². The normalized spacial score (nSPS) is 10.9. The Balaban J connectivity index is 1.55. The van der Waals surface area contributed by atoms with Gasteiger partial charge >= 0.3 is 0 Å². The summed E-state index contributed by atoms with van der Waals surface area (Å²) in [6.45, 7) is 13.2. The Labute approximate surface area is 236 Å². The average molecular weight is 533 g/mol. The average Bonchev–Trinajstić information content (AvgIpc) is 2.90. The van der Waals surface area contributed by atoms with Crippen LogP contribution in [0.3, 0.4) is 0 Å². The summed E-state index contributed by atoms with van der Waals surface area (Å²) < 4.78 is 24.4. The molecule has 0 saturated carbocycles. The fraction of sp³-hybridized carbons (Fsp3) is 0.486. The Morgan fingerprint density at radius 1 is 0.410 bits per heavy atom. The van der Waals surface area contributed by atoms with Gasteiger partial charge in [0.2, 0.25) is 0 Å². The van der Waals surface area contributed by atoms with E-state index in [9.17, 15) is 0 Å². The minimum absolute atomic E-state index is 0.480. The van der Waals surface area contributed by atoms with E-state index < -0.39 is 0 Å². The molecule has 0 fully saturated rings. The highest BCUT2D eigenvalue weighted by Gasteiger charge is 2.07. The number of rotatable bonds is 18. The third-order valence-electron chi connectivity index (χ3n) is 6.59. The van der Waals surface area contributed by atoms with Crippen LogP contribution in [0.4, 0.5) is 0 Å². The molecule has 4 nitrogen and oxygen atoms in total. The maximum absolute atomic E-state index is 6.19. The molecule has 39 heavy (non-hydrogen) atoms. The van der Waals surface area contributed by atoms with Crippen LogP contribution < -0.4 is 18.9 Å². The molecule has 0 aliphatic heterocycles. The molecule has 3 rings (SSSR count). The molecule has 0 radical (unpaired) electrons. The number of hydrogen-bond acceptors (Lipinski definition) is 4. The number of unbranched alkanes of at least 4 members (excludes halogenated alkanes) is 6. The molecule has 0 aromatic heterocycles. The highest BCUT2D eigenvalue weighted by atomic mass is 16.5. The van der Waals surface area contributed by atoms with Crippen molar-refractivity contribution in [3.63, 3.8) is 0 Å². The lowest BCUT2D eigenvalue weighted by Crippen LogP contribution is -2.02. The van der Waals surface area contributed by atoms with Crippen LogP contribution in [0.2, 0.25) is 0 Å². The van der Waals surface area contributed by atoms with E-state index in [0.717, 1.165) is 65.7 Å². The number of ether oxygens (including phenoxy) is 4. The Morgan fingerprint density at radius 2 is 0.795 bits per heavy atom. The fourth-order valence-electron chi connectivity index (χ4n) is 4.63.